The molecule has 0 radical (unpaired) electrons. The van der Waals surface area contributed by atoms with Gasteiger partial charge in [-0.15, -0.1) is 11.3 Å². The fourth-order valence-corrected chi connectivity index (χ4v) is 5.85. The number of hydrogen-bond donors (Lipinski definition) is 0. The van der Waals surface area contributed by atoms with E-state index >= 15 is 0 Å². The molecule has 1 aliphatic carbocycles. The molecular formula is C28H31N3O3S. The zero-order chi connectivity index (χ0) is 24.0. The highest BCUT2D eigenvalue weighted by Gasteiger charge is 2.39. The average molecular weight is 490 g/mol. The first kappa shape index (κ1) is 23.5. The topological polar surface area (TPSA) is 62.7 Å². The third-order valence-electron chi connectivity index (χ3n) is 7.04. The summed E-state index contributed by atoms with van der Waals surface area (Å²) >= 11 is 1.42. The number of carbonyl (C=O) groups excluding carboxylic acids is 2. The second kappa shape index (κ2) is 11.0. The van der Waals surface area contributed by atoms with Crippen molar-refractivity contribution in [3.05, 3.63) is 77.3 Å². The van der Waals surface area contributed by atoms with Crippen LogP contribution in [0.5, 0.6) is 0 Å². The maximum absolute atomic E-state index is 13.9. The number of likely N-dealkylation sites (tertiary alicyclic amines) is 1. The number of ether oxygens (including phenoxy) is 1. The van der Waals surface area contributed by atoms with Crippen molar-refractivity contribution in [3.63, 3.8) is 0 Å². The van der Waals surface area contributed by atoms with Crippen LogP contribution in [-0.4, -0.2) is 34.5 Å². The van der Waals surface area contributed by atoms with E-state index in [1.165, 1.54) is 49.0 Å². The summed E-state index contributed by atoms with van der Waals surface area (Å²) in [5, 5.41) is 2.48. The number of nitrogens with zero attached hydrogens (tertiary/aromatic N) is 3. The Bertz CT molecular complexity index is 1110. The Balaban J connectivity index is 1.33. The summed E-state index contributed by atoms with van der Waals surface area (Å²) in [4.78, 5) is 34.5. The minimum absolute atomic E-state index is 0.139. The highest BCUT2D eigenvalue weighted by molar-refractivity contribution is 7.13. The molecule has 0 N–H and O–H groups in total. The molecular weight excluding hydrogens is 458 g/mol. The first-order valence-corrected chi connectivity index (χ1v) is 13.4. The predicted molar refractivity (Wildman–Crippen MR) is 138 cm³/mol. The van der Waals surface area contributed by atoms with Gasteiger partial charge < -0.3 is 4.74 Å². The molecule has 1 atom stereocenters. The van der Waals surface area contributed by atoms with E-state index in [0.717, 1.165) is 17.7 Å². The van der Waals surface area contributed by atoms with Crippen molar-refractivity contribution in [2.75, 3.05) is 11.4 Å². The van der Waals surface area contributed by atoms with Gasteiger partial charge in [0.05, 0.1) is 5.69 Å². The van der Waals surface area contributed by atoms with Gasteiger partial charge in [0.25, 0.3) is 5.91 Å². The first-order valence-electron chi connectivity index (χ1n) is 12.5. The maximum atomic E-state index is 13.9. The fourth-order valence-electron chi connectivity index (χ4n) is 5.18. The van der Waals surface area contributed by atoms with Gasteiger partial charge in [0.2, 0.25) is 0 Å². The molecule has 1 aromatic heterocycles. The molecule has 1 unspecified atom stereocenters. The number of anilines is 2. The Labute approximate surface area is 210 Å². The largest absolute Gasteiger partial charge is 0.445 e. The molecule has 1 saturated carbocycles. The van der Waals surface area contributed by atoms with Crippen LogP contribution >= 0.6 is 11.3 Å². The summed E-state index contributed by atoms with van der Waals surface area (Å²) in [7, 11) is 0. The number of aromatic nitrogens is 1. The van der Waals surface area contributed by atoms with E-state index in [9.17, 15) is 9.59 Å². The lowest BCUT2D eigenvalue weighted by Gasteiger charge is -2.29. The summed E-state index contributed by atoms with van der Waals surface area (Å²) < 4.78 is 5.55. The van der Waals surface area contributed by atoms with Crippen molar-refractivity contribution in [1.29, 1.82) is 0 Å². The maximum Gasteiger partial charge on any atom is 0.410 e. The molecule has 2 aliphatic rings. The number of benzene rings is 2. The SMILES string of the molecule is O=C(C1CCCN1C(=O)OCc1ccccc1)N(c1ccc(C2CCCCC2)cc1)c1nccs1. The van der Waals surface area contributed by atoms with E-state index in [1.807, 2.05) is 47.8 Å². The monoisotopic (exact) mass is 489 g/mol. The summed E-state index contributed by atoms with van der Waals surface area (Å²) in [5.74, 6) is 0.464. The number of hydrogen-bond acceptors (Lipinski definition) is 5. The van der Waals surface area contributed by atoms with Gasteiger partial charge in [-0.2, -0.15) is 0 Å². The molecule has 35 heavy (non-hydrogen) atoms. The average Bonchev–Trinajstić information content (AvgIpc) is 3.62. The summed E-state index contributed by atoms with van der Waals surface area (Å²) in [6.07, 6.45) is 9.00. The molecule has 6 nitrogen and oxygen atoms in total. The quantitative estimate of drug-likeness (QED) is 0.389. The lowest BCUT2D eigenvalue weighted by molar-refractivity contribution is -0.121. The van der Waals surface area contributed by atoms with Crippen LogP contribution in [0.25, 0.3) is 0 Å². The van der Waals surface area contributed by atoms with Crippen LogP contribution in [-0.2, 0) is 16.1 Å². The van der Waals surface area contributed by atoms with E-state index in [-0.39, 0.29) is 12.5 Å². The van der Waals surface area contributed by atoms with E-state index in [1.54, 1.807) is 16.0 Å². The number of carbonyl (C=O) groups is 2. The van der Waals surface area contributed by atoms with Gasteiger partial charge in [-0.05, 0) is 54.9 Å². The van der Waals surface area contributed by atoms with Crippen molar-refractivity contribution in [3.8, 4) is 0 Å². The molecule has 182 valence electrons. The second-order valence-electron chi connectivity index (χ2n) is 9.31. The molecule has 3 aromatic rings. The minimum atomic E-state index is -0.569. The van der Waals surface area contributed by atoms with Crippen LogP contribution in [0.15, 0.2) is 66.2 Å². The number of rotatable bonds is 6. The van der Waals surface area contributed by atoms with Crippen molar-refractivity contribution in [2.45, 2.75) is 63.5 Å². The van der Waals surface area contributed by atoms with E-state index < -0.39 is 12.1 Å². The smallest absolute Gasteiger partial charge is 0.410 e. The Morgan fingerprint density at radius 3 is 2.46 bits per heavy atom. The van der Waals surface area contributed by atoms with Crippen LogP contribution in [0.4, 0.5) is 15.6 Å². The van der Waals surface area contributed by atoms with Gasteiger partial charge in [-0.1, -0.05) is 61.7 Å². The second-order valence-corrected chi connectivity index (χ2v) is 10.2. The van der Waals surface area contributed by atoms with Crippen LogP contribution < -0.4 is 4.90 Å². The lowest BCUT2D eigenvalue weighted by atomic mass is 9.84. The zero-order valence-corrected chi connectivity index (χ0v) is 20.7. The molecule has 7 heteroatoms. The predicted octanol–water partition coefficient (Wildman–Crippen LogP) is 6.66. The van der Waals surface area contributed by atoms with Crippen LogP contribution in [0.3, 0.4) is 0 Å². The Morgan fingerprint density at radius 2 is 1.74 bits per heavy atom. The third kappa shape index (κ3) is 5.40. The van der Waals surface area contributed by atoms with Crippen molar-refractivity contribution in [1.82, 2.24) is 9.88 Å². The lowest BCUT2D eigenvalue weighted by Crippen LogP contribution is -2.46. The van der Waals surface area contributed by atoms with Gasteiger partial charge in [0, 0.05) is 18.1 Å². The van der Waals surface area contributed by atoms with Crippen LogP contribution in [0.1, 0.15) is 62.0 Å². The van der Waals surface area contributed by atoms with Crippen molar-refractivity contribution < 1.29 is 14.3 Å². The molecule has 0 spiro atoms. The molecule has 5 rings (SSSR count). The molecule has 1 aliphatic heterocycles. The van der Waals surface area contributed by atoms with Crippen LogP contribution in [0.2, 0.25) is 0 Å². The molecule has 1 saturated heterocycles. The number of thiazole rings is 1. The van der Waals surface area contributed by atoms with Gasteiger partial charge in [0.1, 0.15) is 12.6 Å². The zero-order valence-electron chi connectivity index (χ0n) is 19.8. The first-order chi connectivity index (χ1) is 17.2. The Kier molecular flexibility index (Phi) is 7.42. The Hall–Kier alpha value is -3.19. The standard InChI is InChI=1S/C28H31N3O3S/c32-26(25-12-7-18-30(25)28(33)34-20-21-8-3-1-4-9-21)31(27-29-17-19-35-27)24-15-13-23(14-16-24)22-10-5-2-6-11-22/h1,3-4,8-9,13-17,19,22,25H,2,5-7,10-12,18,20H2. The summed E-state index contributed by atoms with van der Waals surface area (Å²) in [6, 6.07) is 17.4. The van der Waals surface area contributed by atoms with Crippen LogP contribution in [0, 0.1) is 0 Å². The Morgan fingerprint density at radius 1 is 0.971 bits per heavy atom. The van der Waals surface area contributed by atoms with Gasteiger partial charge in [0.15, 0.2) is 5.13 Å². The molecule has 2 fully saturated rings. The van der Waals surface area contributed by atoms with E-state index in [4.69, 9.17) is 4.74 Å². The van der Waals surface area contributed by atoms with Gasteiger partial charge >= 0.3 is 6.09 Å². The molecule has 2 amide bonds. The van der Waals surface area contributed by atoms with Crippen molar-refractivity contribution in [2.24, 2.45) is 0 Å². The minimum Gasteiger partial charge on any atom is -0.445 e. The van der Waals surface area contributed by atoms with Crippen molar-refractivity contribution >= 4 is 34.2 Å². The summed E-state index contributed by atoms with van der Waals surface area (Å²) in [6.45, 7) is 0.701. The normalized spacial score (nSPS) is 18.4. The molecule has 2 aromatic carbocycles. The molecule has 0 bridgehead atoms. The highest BCUT2D eigenvalue weighted by atomic mass is 32.1. The van der Waals surface area contributed by atoms with E-state index in [0.29, 0.717) is 24.0 Å². The molecule has 2 heterocycles. The third-order valence-corrected chi connectivity index (χ3v) is 7.79. The van der Waals surface area contributed by atoms with E-state index in [2.05, 4.69) is 17.1 Å². The summed E-state index contributed by atoms with van der Waals surface area (Å²) in [5.41, 5.74) is 3.05. The van der Waals surface area contributed by atoms with Gasteiger partial charge in [-0.25, -0.2) is 9.78 Å². The fraction of sp³-hybridized carbons (Fsp3) is 0.393. The highest BCUT2D eigenvalue weighted by Crippen LogP contribution is 2.36. The van der Waals surface area contributed by atoms with Gasteiger partial charge in [-0.3, -0.25) is 14.6 Å². The number of amides is 2.